The first-order chi connectivity index (χ1) is 9.66. The van der Waals surface area contributed by atoms with Gasteiger partial charge in [0.15, 0.2) is 0 Å². The molecule has 2 heterocycles. The second-order valence-electron chi connectivity index (χ2n) is 5.56. The van der Waals surface area contributed by atoms with E-state index in [1.54, 1.807) is 11.9 Å². The summed E-state index contributed by atoms with van der Waals surface area (Å²) in [6, 6.07) is 7.70. The standard InChI is InChI=1S/C15H20N2O3/c1-17(12-7-16-8-13(12)18)15(19)11-6-10-4-2-3-5-14(10)20-9-11/h2-5,11-13,16,18H,6-9H2,1H3/t11?,12-,13-/m0/s1. The van der Waals surface area contributed by atoms with Gasteiger partial charge in [-0.1, -0.05) is 18.2 Å². The van der Waals surface area contributed by atoms with Crippen LogP contribution in [0, 0.1) is 5.92 Å². The lowest BCUT2D eigenvalue weighted by atomic mass is 9.95. The zero-order valence-corrected chi connectivity index (χ0v) is 11.6. The Kier molecular flexibility index (Phi) is 3.63. The molecule has 2 N–H and O–H groups in total. The van der Waals surface area contributed by atoms with Crippen LogP contribution in [0.1, 0.15) is 5.56 Å². The first kappa shape index (κ1) is 13.4. The maximum atomic E-state index is 12.5. The molecule has 0 saturated carbocycles. The molecule has 1 fully saturated rings. The fourth-order valence-corrected chi connectivity index (χ4v) is 2.98. The molecule has 1 amide bonds. The number of hydrogen-bond acceptors (Lipinski definition) is 4. The van der Waals surface area contributed by atoms with Crippen LogP contribution in [0.25, 0.3) is 0 Å². The van der Waals surface area contributed by atoms with Crippen LogP contribution >= 0.6 is 0 Å². The van der Waals surface area contributed by atoms with Gasteiger partial charge in [0.25, 0.3) is 0 Å². The molecule has 1 unspecified atom stereocenters. The highest BCUT2D eigenvalue weighted by Gasteiger charge is 2.35. The van der Waals surface area contributed by atoms with Crippen LogP contribution in [0.15, 0.2) is 24.3 Å². The first-order valence-electron chi connectivity index (χ1n) is 7.03. The normalized spacial score (nSPS) is 28.6. The number of likely N-dealkylation sites (N-methyl/N-ethyl adjacent to an activating group) is 1. The number of carbonyl (C=O) groups excluding carboxylic acids is 1. The van der Waals surface area contributed by atoms with Gasteiger partial charge in [0.1, 0.15) is 12.4 Å². The van der Waals surface area contributed by atoms with Crippen molar-refractivity contribution in [3.8, 4) is 5.75 Å². The lowest BCUT2D eigenvalue weighted by molar-refractivity contribution is -0.139. The third-order valence-electron chi connectivity index (χ3n) is 4.22. The highest BCUT2D eigenvalue weighted by molar-refractivity contribution is 5.80. The van der Waals surface area contributed by atoms with Crippen molar-refractivity contribution in [2.24, 2.45) is 5.92 Å². The predicted octanol–water partition coefficient (Wildman–Crippen LogP) is 0.0288. The maximum absolute atomic E-state index is 12.5. The number of nitrogens with one attached hydrogen (secondary N) is 1. The van der Waals surface area contributed by atoms with Gasteiger partial charge in [-0.05, 0) is 18.1 Å². The summed E-state index contributed by atoms with van der Waals surface area (Å²) < 4.78 is 5.67. The number of benzene rings is 1. The van der Waals surface area contributed by atoms with E-state index in [-0.39, 0.29) is 17.9 Å². The summed E-state index contributed by atoms with van der Waals surface area (Å²) in [6.07, 6.45) is 0.219. The van der Waals surface area contributed by atoms with Gasteiger partial charge in [0, 0.05) is 20.1 Å². The van der Waals surface area contributed by atoms with Crippen molar-refractivity contribution in [1.29, 1.82) is 0 Å². The molecule has 20 heavy (non-hydrogen) atoms. The van der Waals surface area contributed by atoms with Crippen molar-refractivity contribution in [3.05, 3.63) is 29.8 Å². The summed E-state index contributed by atoms with van der Waals surface area (Å²) in [5.41, 5.74) is 1.08. The molecule has 0 spiro atoms. The number of aliphatic hydroxyl groups is 1. The molecule has 1 saturated heterocycles. The number of β-amino-alcohol motifs (C(OH)–C–C–N with tert-alkyl or cyclic N) is 1. The fourth-order valence-electron chi connectivity index (χ4n) is 2.98. The van der Waals surface area contributed by atoms with Crippen molar-refractivity contribution in [3.63, 3.8) is 0 Å². The Hall–Kier alpha value is -1.59. The molecule has 0 bridgehead atoms. The Labute approximate surface area is 118 Å². The van der Waals surface area contributed by atoms with E-state index < -0.39 is 6.10 Å². The molecule has 1 aromatic rings. The van der Waals surface area contributed by atoms with Crippen LogP contribution in [0.3, 0.4) is 0 Å². The number of carbonyl (C=O) groups is 1. The van der Waals surface area contributed by atoms with Gasteiger partial charge >= 0.3 is 0 Å². The van der Waals surface area contributed by atoms with Gasteiger partial charge in [0.2, 0.25) is 5.91 Å². The quantitative estimate of drug-likeness (QED) is 0.800. The van der Waals surface area contributed by atoms with E-state index in [2.05, 4.69) is 5.32 Å². The Bertz CT molecular complexity index is 506. The molecule has 0 aromatic heterocycles. The second kappa shape index (κ2) is 5.42. The Morgan fingerprint density at radius 1 is 1.40 bits per heavy atom. The molecule has 2 aliphatic rings. The molecular formula is C15H20N2O3. The average Bonchev–Trinajstić information content (AvgIpc) is 2.91. The van der Waals surface area contributed by atoms with Gasteiger partial charge in [-0.3, -0.25) is 4.79 Å². The van der Waals surface area contributed by atoms with Crippen molar-refractivity contribution in [2.45, 2.75) is 18.6 Å². The lowest BCUT2D eigenvalue weighted by Gasteiger charge is -2.32. The Morgan fingerprint density at radius 2 is 2.20 bits per heavy atom. The van der Waals surface area contributed by atoms with Gasteiger partial charge < -0.3 is 20.1 Å². The topological polar surface area (TPSA) is 61.8 Å². The van der Waals surface area contributed by atoms with Crippen LogP contribution in [0.2, 0.25) is 0 Å². The summed E-state index contributed by atoms with van der Waals surface area (Å²) in [5, 5.41) is 13.0. The minimum absolute atomic E-state index is 0.0484. The zero-order chi connectivity index (χ0) is 14.1. The highest BCUT2D eigenvalue weighted by atomic mass is 16.5. The fraction of sp³-hybridized carbons (Fsp3) is 0.533. The molecule has 2 aliphatic heterocycles. The minimum Gasteiger partial charge on any atom is -0.492 e. The molecule has 0 radical (unpaired) electrons. The van der Waals surface area contributed by atoms with Crippen molar-refractivity contribution in [2.75, 3.05) is 26.7 Å². The van der Waals surface area contributed by atoms with Gasteiger partial charge in [-0.25, -0.2) is 0 Å². The Morgan fingerprint density at radius 3 is 2.95 bits per heavy atom. The highest BCUT2D eigenvalue weighted by Crippen LogP contribution is 2.28. The van der Waals surface area contributed by atoms with Gasteiger partial charge in [0.05, 0.1) is 18.1 Å². The van der Waals surface area contributed by atoms with Crippen LogP contribution < -0.4 is 10.1 Å². The summed E-state index contributed by atoms with van der Waals surface area (Å²) in [7, 11) is 1.77. The van der Waals surface area contributed by atoms with Crippen molar-refractivity contribution < 1.29 is 14.6 Å². The molecule has 1 aromatic carbocycles. The number of amides is 1. The average molecular weight is 276 g/mol. The molecule has 5 heteroatoms. The zero-order valence-electron chi connectivity index (χ0n) is 11.6. The number of ether oxygens (including phenoxy) is 1. The van der Waals surface area contributed by atoms with Crippen LogP contribution in [-0.2, 0) is 11.2 Å². The molecule has 3 rings (SSSR count). The summed E-state index contributed by atoms with van der Waals surface area (Å²) in [6.45, 7) is 1.61. The SMILES string of the molecule is CN(C(=O)C1COc2ccccc2C1)[C@H]1CNC[C@@H]1O. The van der Waals surface area contributed by atoms with E-state index in [4.69, 9.17) is 4.74 Å². The van der Waals surface area contributed by atoms with Crippen molar-refractivity contribution >= 4 is 5.91 Å². The lowest BCUT2D eigenvalue weighted by Crippen LogP contribution is -2.48. The minimum atomic E-state index is -0.485. The Balaban J connectivity index is 1.69. The van der Waals surface area contributed by atoms with Crippen molar-refractivity contribution in [1.82, 2.24) is 10.2 Å². The predicted molar refractivity (Wildman–Crippen MR) is 74.6 cm³/mol. The summed E-state index contributed by atoms with van der Waals surface area (Å²) in [4.78, 5) is 14.2. The summed E-state index contributed by atoms with van der Waals surface area (Å²) >= 11 is 0. The van der Waals surface area contributed by atoms with Gasteiger partial charge in [-0.15, -0.1) is 0 Å². The smallest absolute Gasteiger partial charge is 0.229 e. The van der Waals surface area contributed by atoms with E-state index in [1.165, 1.54) is 0 Å². The molecule has 3 atom stereocenters. The number of para-hydroxylation sites is 1. The first-order valence-corrected chi connectivity index (χ1v) is 7.03. The number of hydrogen-bond donors (Lipinski definition) is 2. The van der Waals surface area contributed by atoms with E-state index in [1.807, 2.05) is 24.3 Å². The van der Waals surface area contributed by atoms with E-state index in [0.29, 0.717) is 26.1 Å². The second-order valence-corrected chi connectivity index (χ2v) is 5.56. The number of aliphatic hydroxyl groups excluding tert-OH is 1. The number of nitrogens with zero attached hydrogens (tertiary/aromatic N) is 1. The third kappa shape index (κ3) is 2.39. The van der Waals surface area contributed by atoms with Crippen LogP contribution in [-0.4, -0.2) is 54.8 Å². The molecule has 0 aliphatic carbocycles. The summed E-state index contributed by atoms with van der Waals surface area (Å²) in [5.74, 6) is 0.761. The monoisotopic (exact) mass is 276 g/mol. The number of fused-ring (bicyclic) bond motifs is 1. The largest absolute Gasteiger partial charge is 0.492 e. The third-order valence-corrected chi connectivity index (χ3v) is 4.22. The molecule has 5 nitrogen and oxygen atoms in total. The van der Waals surface area contributed by atoms with Crippen LogP contribution in [0.5, 0.6) is 5.75 Å². The van der Waals surface area contributed by atoms with E-state index in [9.17, 15) is 9.90 Å². The number of rotatable bonds is 2. The van der Waals surface area contributed by atoms with Gasteiger partial charge in [-0.2, -0.15) is 0 Å². The van der Waals surface area contributed by atoms with E-state index in [0.717, 1.165) is 11.3 Å². The molecule has 108 valence electrons. The van der Waals surface area contributed by atoms with Crippen LogP contribution in [0.4, 0.5) is 0 Å². The van der Waals surface area contributed by atoms with E-state index >= 15 is 0 Å². The maximum Gasteiger partial charge on any atom is 0.229 e. The molecular weight excluding hydrogens is 256 g/mol.